The smallest absolute Gasteiger partial charge is 0.322 e. The molecule has 124 valence electrons. The van der Waals surface area contributed by atoms with Gasteiger partial charge in [0.15, 0.2) is 0 Å². The Balaban J connectivity index is 1.86. The maximum atomic E-state index is 12.7. The number of benzene rings is 2. The quantitative estimate of drug-likeness (QED) is 0.906. The molecule has 6 nitrogen and oxygen atoms in total. The fourth-order valence-electron chi connectivity index (χ4n) is 2.93. The number of nitrogens with two attached hydrogens (primary N) is 1. The molecule has 0 aliphatic carbocycles. The number of methoxy groups -OCH3 is 1. The Labute approximate surface area is 140 Å². The van der Waals surface area contributed by atoms with Crippen molar-refractivity contribution >= 4 is 17.6 Å². The van der Waals surface area contributed by atoms with Crippen LogP contribution in [-0.4, -0.2) is 30.0 Å². The molecule has 0 saturated heterocycles. The second-order valence-corrected chi connectivity index (χ2v) is 5.65. The van der Waals surface area contributed by atoms with Crippen LogP contribution in [0.15, 0.2) is 48.5 Å². The number of hydrogen-bond donors (Lipinski definition) is 2. The van der Waals surface area contributed by atoms with Crippen LogP contribution >= 0.6 is 0 Å². The van der Waals surface area contributed by atoms with E-state index in [0.29, 0.717) is 24.4 Å². The molecule has 1 atom stereocenters. The van der Waals surface area contributed by atoms with Crippen LogP contribution in [0, 0.1) is 0 Å². The highest BCUT2D eigenvalue weighted by Crippen LogP contribution is 2.27. The molecule has 3 amide bonds. The summed E-state index contributed by atoms with van der Waals surface area (Å²) in [6, 6.07) is 13.8. The molecule has 0 radical (unpaired) electrons. The van der Waals surface area contributed by atoms with Gasteiger partial charge in [-0.15, -0.1) is 0 Å². The van der Waals surface area contributed by atoms with E-state index in [1.807, 2.05) is 30.3 Å². The van der Waals surface area contributed by atoms with Crippen molar-refractivity contribution in [3.05, 3.63) is 59.7 Å². The van der Waals surface area contributed by atoms with Gasteiger partial charge < -0.3 is 20.7 Å². The number of ether oxygens (including phenoxy) is 1. The van der Waals surface area contributed by atoms with Crippen LogP contribution in [0.3, 0.4) is 0 Å². The van der Waals surface area contributed by atoms with Crippen LogP contribution in [0.2, 0.25) is 0 Å². The Bertz CT molecular complexity index is 776. The second kappa shape index (κ2) is 6.62. The van der Waals surface area contributed by atoms with E-state index >= 15 is 0 Å². The zero-order chi connectivity index (χ0) is 17.1. The summed E-state index contributed by atoms with van der Waals surface area (Å²) in [5.41, 5.74) is 8.13. The summed E-state index contributed by atoms with van der Waals surface area (Å²) in [7, 11) is 1.54. The first-order chi connectivity index (χ1) is 11.6. The minimum absolute atomic E-state index is 0.338. The first kappa shape index (κ1) is 15.9. The fraction of sp³-hybridized carbons (Fsp3) is 0.222. The molecule has 0 aromatic heterocycles. The van der Waals surface area contributed by atoms with Gasteiger partial charge in [0.05, 0.1) is 12.8 Å². The Morgan fingerprint density at radius 2 is 1.79 bits per heavy atom. The molecule has 3 rings (SSSR count). The Kier molecular flexibility index (Phi) is 4.37. The minimum Gasteiger partial charge on any atom is -0.495 e. The predicted molar refractivity (Wildman–Crippen MR) is 90.7 cm³/mol. The number of rotatable bonds is 3. The second-order valence-electron chi connectivity index (χ2n) is 5.65. The number of fused-ring (bicyclic) bond motifs is 1. The molecule has 2 aromatic carbocycles. The Morgan fingerprint density at radius 3 is 2.50 bits per heavy atom. The molecule has 0 spiro atoms. The number of nitrogens with one attached hydrogen (secondary N) is 1. The Hall–Kier alpha value is -3.02. The lowest BCUT2D eigenvalue weighted by Crippen LogP contribution is -2.52. The zero-order valence-corrected chi connectivity index (χ0v) is 13.4. The van der Waals surface area contributed by atoms with Crippen LogP contribution < -0.4 is 15.8 Å². The molecular weight excluding hydrogens is 306 g/mol. The zero-order valence-electron chi connectivity index (χ0n) is 13.4. The lowest BCUT2D eigenvalue weighted by atomic mass is 9.94. The molecule has 1 aliphatic rings. The number of hydrogen-bond acceptors (Lipinski definition) is 3. The standard InChI is InChI=1S/C18H19N3O3/c1-24-16-9-5-4-8-14(16)20-18(23)21-11-13-7-3-2-6-12(13)10-15(21)17(19)22/h2-9,15H,10-11H2,1H3,(H2,19,22)(H,20,23)/t15-/m0/s1. The van der Waals surface area contributed by atoms with E-state index in [2.05, 4.69) is 5.32 Å². The summed E-state index contributed by atoms with van der Waals surface area (Å²) in [4.78, 5) is 26.0. The van der Waals surface area contributed by atoms with Gasteiger partial charge in [-0.25, -0.2) is 4.79 Å². The summed E-state index contributed by atoms with van der Waals surface area (Å²) >= 11 is 0. The van der Waals surface area contributed by atoms with E-state index in [1.165, 1.54) is 12.0 Å². The first-order valence-corrected chi connectivity index (χ1v) is 7.67. The van der Waals surface area contributed by atoms with Crippen LogP contribution in [0.1, 0.15) is 11.1 Å². The third-order valence-corrected chi connectivity index (χ3v) is 4.19. The van der Waals surface area contributed by atoms with Crippen molar-refractivity contribution in [2.24, 2.45) is 5.73 Å². The topological polar surface area (TPSA) is 84.7 Å². The van der Waals surface area contributed by atoms with Crippen molar-refractivity contribution < 1.29 is 14.3 Å². The SMILES string of the molecule is COc1ccccc1NC(=O)N1Cc2ccccc2C[C@H]1C(N)=O. The molecule has 1 aliphatic heterocycles. The highest BCUT2D eigenvalue weighted by atomic mass is 16.5. The van der Waals surface area contributed by atoms with Gasteiger partial charge in [-0.3, -0.25) is 4.79 Å². The number of primary amides is 1. The maximum absolute atomic E-state index is 12.7. The average Bonchev–Trinajstić information content (AvgIpc) is 2.61. The van der Waals surface area contributed by atoms with Crippen molar-refractivity contribution in [1.82, 2.24) is 4.90 Å². The molecule has 0 unspecified atom stereocenters. The van der Waals surface area contributed by atoms with Crippen molar-refractivity contribution in [1.29, 1.82) is 0 Å². The number of carbonyl (C=O) groups is 2. The van der Waals surface area contributed by atoms with Gasteiger partial charge in [-0.1, -0.05) is 36.4 Å². The molecular formula is C18H19N3O3. The normalized spacial score (nSPS) is 16.2. The third kappa shape index (κ3) is 3.03. The number of para-hydroxylation sites is 2. The lowest BCUT2D eigenvalue weighted by Gasteiger charge is -2.35. The van der Waals surface area contributed by atoms with Crippen molar-refractivity contribution in [2.45, 2.75) is 19.0 Å². The number of anilines is 1. The number of nitrogens with zero attached hydrogens (tertiary/aromatic N) is 1. The van der Waals surface area contributed by atoms with Gasteiger partial charge >= 0.3 is 6.03 Å². The van der Waals surface area contributed by atoms with Gasteiger partial charge in [-0.05, 0) is 23.3 Å². The molecule has 24 heavy (non-hydrogen) atoms. The van der Waals surface area contributed by atoms with E-state index in [9.17, 15) is 9.59 Å². The molecule has 6 heteroatoms. The van der Waals surface area contributed by atoms with Gasteiger partial charge in [0.2, 0.25) is 5.91 Å². The highest BCUT2D eigenvalue weighted by molar-refractivity contribution is 5.95. The summed E-state index contributed by atoms with van der Waals surface area (Å²) in [6.07, 6.45) is 0.421. The molecule has 1 heterocycles. The number of urea groups is 1. The predicted octanol–water partition coefficient (Wildman–Crippen LogP) is 2.14. The monoisotopic (exact) mass is 325 g/mol. The van der Waals surface area contributed by atoms with Crippen LogP contribution in [0.4, 0.5) is 10.5 Å². The molecule has 0 bridgehead atoms. The number of amides is 3. The van der Waals surface area contributed by atoms with Crippen molar-refractivity contribution in [2.75, 3.05) is 12.4 Å². The average molecular weight is 325 g/mol. The van der Waals surface area contributed by atoms with E-state index in [4.69, 9.17) is 10.5 Å². The molecule has 3 N–H and O–H groups in total. The first-order valence-electron chi connectivity index (χ1n) is 7.67. The van der Waals surface area contributed by atoms with E-state index in [0.717, 1.165) is 11.1 Å². The van der Waals surface area contributed by atoms with Crippen molar-refractivity contribution in [3.63, 3.8) is 0 Å². The van der Waals surface area contributed by atoms with Gasteiger partial charge in [-0.2, -0.15) is 0 Å². The van der Waals surface area contributed by atoms with Gasteiger partial charge in [0.1, 0.15) is 11.8 Å². The van der Waals surface area contributed by atoms with Crippen LogP contribution in [-0.2, 0) is 17.8 Å². The molecule has 0 fully saturated rings. The summed E-state index contributed by atoms with van der Waals surface area (Å²) in [5, 5.41) is 2.80. The van der Waals surface area contributed by atoms with Crippen molar-refractivity contribution in [3.8, 4) is 5.75 Å². The summed E-state index contributed by atoms with van der Waals surface area (Å²) < 4.78 is 5.24. The van der Waals surface area contributed by atoms with E-state index < -0.39 is 11.9 Å². The van der Waals surface area contributed by atoms with E-state index in [1.54, 1.807) is 18.2 Å². The minimum atomic E-state index is -0.672. The summed E-state index contributed by atoms with van der Waals surface area (Å²) in [6.45, 7) is 0.338. The van der Waals surface area contributed by atoms with E-state index in [-0.39, 0.29) is 6.03 Å². The van der Waals surface area contributed by atoms with Gasteiger partial charge in [0.25, 0.3) is 0 Å². The number of carbonyl (C=O) groups excluding carboxylic acids is 2. The van der Waals surface area contributed by atoms with Crippen LogP contribution in [0.25, 0.3) is 0 Å². The summed E-state index contributed by atoms with van der Waals surface area (Å²) in [5.74, 6) is 0.0403. The molecule has 2 aromatic rings. The fourth-order valence-corrected chi connectivity index (χ4v) is 2.93. The molecule has 0 saturated carbocycles. The maximum Gasteiger partial charge on any atom is 0.322 e. The third-order valence-electron chi connectivity index (χ3n) is 4.19. The Morgan fingerprint density at radius 1 is 1.12 bits per heavy atom. The highest BCUT2D eigenvalue weighted by Gasteiger charge is 2.33. The van der Waals surface area contributed by atoms with Crippen LogP contribution in [0.5, 0.6) is 5.75 Å². The van der Waals surface area contributed by atoms with Gasteiger partial charge in [0, 0.05) is 13.0 Å². The largest absolute Gasteiger partial charge is 0.495 e. The lowest BCUT2D eigenvalue weighted by molar-refractivity contribution is -0.122.